The van der Waals surface area contributed by atoms with Gasteiger partial charge in [-0.15, -0.1) is 0 Å². The smallest absolute Gasteiger partial charge is 0.321 e. The van der Waals surface area contributed by atoms with Crippen molar-refractivity contribution in [2.45, 2.75) is 24.4 Å². The monoisotopic (exact) mass is 482 g/mol. The summed E-state index contributed by atoms with van der Waals surface area (Å²) < 4.78 is 57.7. The summed E-state index contributed by atoms with van der Waals surface area (Å²) in [7, 11) is -4.03. The molecule has 34 heavy (non-hydrogen) atoms. The zero-order valence-electron chi connectivity index (χ0n) is 17.7. The number of rotatable bonds is 7. The summed E-state index contributed by atoms with van der Waals surface area (Å²) in [6.45, 7) is -0.867. The molecule has 0 saturated heterocycles. The summed E-state index contributed by atoms with van der Waals surface area (Å²) in [5.41, 5.74) is 1.70. The minimum absolute atomic E-state index is 0.106. The van der Waals surface area contributed by atoms with E-state index in [0.29, 0.717) is 11.3 Å². The SMILES string of the molecule is N#Cc1cccc(S(=O)(=O)NCC(=O)OCc2cc(F)cc3c2O[C@@H](c2ccccc2)OC3)c1. The Morgan fingerprint density at radius 2 is 1.94 bits per heavy atom. The fourth-order valence-corrected chi connectivity index (χ4v) is 4.35. The highest BCUT2D eigenvalue weighted by molar-refractivity contribution is 7.89. The Bertz CT molecular complexity index is 1360. The number of nitriles is 1. The van der Waals surface area contributed by atoms with E-state index in [1.54, 1.807) is 0 Å². The maximum atomic E-state index is 14.1. The highest BCUT2D eigenvalue weighted by Gasteiger charge is 2.26. The number of hydrogen-bond donors (Lipinski definition) is 1. The van der Waals surface area contributed by atoms with Crippen LogP contribution in [0.3, 0.4) is 0 Å². The second kappa shape index (κ2) is 10.0. The Balaban J connectivity index is 1.41. The average Bonchev–Trinajstić information content (AvgIpc) is 2.86. The molecule has 0 radical (unpaired) electrons. The van der Waals surface area contributed by atoms with Gasteiger partial charge in [-0.05, 0) is 30.3 Å². The van der Waals surface area contributed by atoms with E-state index in [1.807, 2.05) is 36.4 Å². The number of sulfonamides is 1. The van der Waals surface area contributed by atoms with Crippen LogP contribution in [0, 0.1) is 17.1 Å². The molecule has 0 spiro atoms. The minimum Gasteiger partial charge on any atom is -0.460 e. The van der Waals surface area contributed by atoms with Crippen molar-refractivity contribution in [3.05, 3.63) is 94.8 Å². The van der Waals surface area contributed by atoms with Crippen molar-refractivity contribution in [3.63, 3.8) is 0 Å². The lowest BCUT2D eigenvalue weighted by Gasteiger charge is -2.28. The molecule has 10 heteroatoms. The standard InChI is InChI=1S/C24H19FN2O6S/c25-20-10-18(23-19(11-20)15-32-24(33-23)17-6-2-1-3-7-17)14-31-22(28)13-27-34(29,30)21-8-4-5-16(9-21)12-26/h1-11,24,27H,13-15H2/t24-/m0/s1. The molecule has 1 atom stereocenters. The first kappa shape index (κ1) is 23.4. The second-order valence-electron chi connectivity index (χ2n) is 7.35. The van der Waals surface area contributed by atoms with Gasteiger partial charge in [-0.1, -0.05) is 36.4 Å². The topological polar surface area (TPSA) is 115 Å². The molecule has 1 aliphatic rings. The number of nitrogens with zero attached hydrogens (tertiary/aromatic N) is 1. The third-order valence-electron chi connectivity index (χ3n) is 4.96. The van der Waals surface area contributed by atoms with Crippen molar-refractivity contribution in [1.82, 2.24) is 4.72 Å². The molecule has 3 aromatic rings. The molecule has 0 unspecified atom stereocenters. The molecule has 0 bridgehead atoms. The number of halogens is 1. The summed E-state index contributed by atoms with van der Waals surface area (Å²) in [5.74, 6) is -1.07. The van der Waals surface area contributed by atoms with Crippen molar-refractivity contribution >= 4 is 16.0 Å². The molecule has 1 N–H and O–H groups in total. The Labute approximate surface area is 195 Å². The van der Waals surface area contributed by atoms with Crippen LogP contribution in [0.15, 0.2) is 71.6 Å². The number of ether oxygens (including phenoxy) is 3. The fourth-order valence-electron chi connectivity index (χ4n) is 3.34. The number of esters is 1. The van der Waals surface area contributed by atoms with Crippen molar-refractivity contribution in [1.29, 1.82) is 5.26 Å². The van der Waals surface area contributed by atoms with Crippen molar-refractivity contribution in [2.75, 3.05) is 6.54 Å². The maximum Gasteiger partial charge on any atom is 0.321 e. The molecule has 0 fully saturated rings. The summed E-state index contributed by atoms with van der Waals surface area (Å²) in [5, 5.41) is 8.92. The summed E-state index contributed by atoms with van der Waals surface area (Å²) in [4.78, 5) is 12.0. The predicted molar refractivity (Wildman–Crippen MR) is 117 cm³/mol. The zero-order valence-corrected chi connectivity index (χ0v) is 18.5. The van der Waals surface area contributed by atoms with Gasteiger partial charge in [0.2, 0.25) is 16.3 Å². The third kappa shape index (κ3) is 5.40. The van der Waals surface area contributed by atoms with Gasteiger partial charge in [0.15, 0.2) is 0 Å². The van der Waals surface area contributed by atoms with Gasteiger partial charge in [0.05, 0.1) is 23.1 Å². The van der Waals surface area contributed by atoms with Crippen molar-refractivity contribution in [2.24, 2.45) is 0 Å². The van der Waals surface area contributed by atoms with Crippen LogP contribution in [0.1, 0.15) is 28.5 Å². The maximum absolute atomic E-state index is 14.1. The van der Waals surface area contributed by atoms with Gasteiger partial charge in [0.1, 0.15) is 24.7 Å². The lowest BCUT2D eigenvalue weighted by Crippen LogP contribution is -2.30. The van der Waals surface area contributed by atoms with Crippen LogP contribution in [0.4, 0.5) is 4.39 Å². The first-order chi connectivity index (χ1) is 16.4. The van der Waals surface area contributed by atoms with Crippen LogP contribution in [0.25, 0.3) is 0 Å². The summed E-state index contributed by atoms with van der Waals surface area (Å²) in [6.07, 6.45) is -0.704. The summed E-state index contributed by atoms with van der Waals surface area (Å²) in [6, 6.07) is 18.9. The number of carbonyl (C=O) groups excluding carboxylic acids is 1. The number of carbonyl (C=O) groups is 1. The molecule has 0 aliphatic carbocycles. The Hall–Kier alpha value is -3.78. The molecule has 3 aromatic carbocycles. The van der Waals surface area contributed by atoms with E-state index in [2.05, 4.69) is 4.72 Å². The lowest BCUT2D eigenvalue weighted by molar-refractivity contribution is -0.143. The largest absolute Gasteiger partial charge is 0.460 e. The molecule has 4 rings (SSSR count). The first-order valence-electron chi connectivity index (χ1n) is 10.2. The van der Waals surface area contributed by atoms with Gasteiger partial charge < -0.3 is 14.2 Å². The fraction of sp³-hybridized carbons (Fsp3) is 0.167. The highest BCUT2D eigenvalue weighted by atomic mass is 32.2. The molecular formula is C24H19FN2O6S. The average molecular weight is 482 g/mol. The van der Waals surface area contributed by atoms with Gasteiger partial charge in [-0.25, -0.2) is 12.8 Å². The van der Waals surface area contributed by atoms with E-state index < -0.39 is 34.6 Å². The Morgan fingerprint density at radius 1 is 1.15 bits per heavy atom. The summed E-state index contributed by atoms with van der Waals surface area (Å²) >= 11 is 0. The molecule has 174 valence electrons. The van der Waals surface area contributed by atoms with Gasteiger partial charge in [-0.3, -0.25) is 4.79 Å². The quantitative estimate of drug-likeness (QED) is 0.514. The molecule has 0 amide bonds. The number of nitrogens with one attached hydrogen (secondary N) is 1. The van der Waals surface area contributed by atoms with Gasteiger partial charge >= 0.3 is 5.97 Å². The van der Waals surface area contributed by atoms with Crippen LogP contribution >= 0.6 is 0 Å². The number of fused-ring (bicyclic) bond motifs is 1. The number of hydrogen-bond acceptors (Lipinski definition) is 7. The molecule has 1 aliphatic heterocycles. The van der Waals surface area contributed by atoms with Crippen molar-refractivity contribution in [3.8, 4) is 11.8 Å². The lowest BCUT2D eigenvalue weighted by atomic mass is 10.1. The van der Waals surface area contributed by atoms with Crippen LogP contribution < -0.4 is 9.46 Å². The Kier molecular flexibility index (Phi) is 6.88. The Morgan fingerprint density at radius 3 is 2.71 bits per heavy atom. The van der Waals surface area contributed by atoms with Crippen LogP contribution in [-0.2, 0) is 37.5 Å². The van der Waals surface area contributed by atoms with Gasteiger partial charge in [0.25, 0.3) is 0 Å². The second-order valence-corrected chi connectivity index (χ2v) is 9.12. The number of benzene rings is 3. The van der Waals surface area contributed by atoms with Crippen LogP contribution in [-0.4, -0.2) is 20.9 Å². The molecule has 1 heterocycles. The van der Waals surface area contributed by atoms with Crippen LogP contribution in [0.5, 0.6) is 5.75 Å². The van der Waals surface area contributed by atoms with Gasteiger partial charge in [0, 0.05) is 16.7 Å². The van der Waals surface area contributed by atoms with E-state index in [-0.39, 0.29) is 29.2 Å². The predicted octanol–water partition coefficient (Wildman–Crippen LogP) is 3.33. The molecule has 0 aromatic heterocycles. The van der Waals surface area contributed by atoms with E-state index in [9.17, 15) is 17.6 Å². The molecule has 8 nitrogen and oxygen atoms in total. The molecule has 0 saturated carbocycles. The normalized spacial score (nSPS) is 15.0. The van der Waals surface area contributed by atoms with E-state index >= 15 is 0 Å². The van der Waals surface area contributed by atoms with Crippen molar-refractivity contribution < 1.29 is 31.8 Å². The van der Waals surface area contributed by atoms with E-state index in [1.165, 1.54) is 36.4 Å². The zero-order chi connectivity index (χ0) is 24.1. The highest BCUT2D eigenvalue weighted by Crippen LogP contribution is 2.36. The molecular weight excluding hydrogens is 463 g/mol. The van der Waals surface area contributed by atoms with E-state index in [4.69, 9.17) is 19.5 Å². The minimum atomic E-state index is -4.03. The van der Waals surface area contributed by atoms with E-state index in [0.717, 1.165) is 5.56 Å². The van der Waals surface area contributed by atoms with Gasteiger partial charge in [-0.2, -0.15) is 9.98 Å². The third-order valence-corrected chi connectivity index (χ3v) is 6.36. The van der Waals surface area contributed by atoms with Crippen LogP contribution in [0.2, 0.25) is 0 Å². The first-order valence-corrected chi connectivity index (χ1v) is 11.6.